The molecular formula is C19H36O3Si. The van der Waals surface area contributed by atoms with Crippen molar-refractivity contribution in [2.24, 2.45) is 0 Å². The lowest BCUT2D eigenvalue weighted by atomic mass is 10.0. The Labute approximate surface area is 144 Å². The lowest BCUT2D eigenvalue weighted by Crippen LogP contribution is -2.25. The summed E-state index contributed by atoms with van der Waals surface area (Å²) in [5, 5.41) is 0. The number of ether oxygens (including phenoxy) is 2. The summed E-state index contributed by atoms with van der Waals surface area (Å²) >= 11 is 0. The van der Waals surface area contributed by atoms with Crippen LogP contribution in [0, 0.1) is 0 Å². The topological polar surface area (TPSA) is 35.5 Å². The zero-order valence-corrected chi connectivity index (χ0v) is 17.0. The van der Waals surface area contributed by atoms with Crippen LogP contribution >= 0.6 is 0 Å². The molecule has 0 saturated carbocycles. The Balaban J connectivity index is 4.06. The van der Waals surface area contributed by atoms with E-state index in [1.54, 1.807) is 6.92 Å². The number of hydrogen-bond acceptors (Lipinski definition) is 3. The average molecular weight is 341 g/mol. The smallest absolute Gasteiger partial charge is 0.158 e. The van der Waals surface area contributed by atoms with Crippen LogP contribution in [0.3, 0.4) is 0 Å². The monoisotopic (exact) mass is 340 g/mol. The molecule has 23 heavy (non-hydrogen) atoms. The van der Waals surface area contributed by atoms with Gasteiger partial charge in [-0.05, 0) is 52.5 Å². The fourth-order valence-corrected chi connectivity index (χ4v) is 2.75. The summed E-state index contributed by atoms with van der Waals surface area (Å²) < 4.78 is 11.1. The number of ketones is 1. The Morgan fingerprint density at radius 3 is 2.35 bits per heavy atom. The molecule has 1 atom stereocenters. The number of rotatable bonds is 13. The normalized spacial score (nSPS) is 13.9. The maximum absolute atomic E-state index is 11.7. The van der Waals surface area contributed by atoms with Gasteiger partial charge in [0.2, 0.25) is 0 Å². The highest BCUT2D eigenvalue weighted by Crippen LogP contribution is 2.13. The Kier molecular flexibility index (Phi) is 11.4. The summed E-state index contributed by atoms with van der Waals surface area (Å²) in [5.41, 5.74) is 2.53. The highest BCUT2D eigenvalue weighted by atomic mass is 28.3. The second-order valence-electron chi connectivity index (χ2n) is 7.70. The highest BCUT2D eigenvalue weighted by molar-refractivity contribution is 6.76. The van der Waals surface area contributed by atoms with Crippen molar-refractivity contribution in [2.75, 3.05) is 13.4 Å². The van der Waals surface area contributed by atoms with E-state index in [-0.39, 0.29) is 12.6 Å². The first-order valence-corrected chi connectivity index (χ1v) is 12.3. The third kappa shape index (κ3) is 14.6. The SMILES string of the molecule is C=C(C)CCC/C(C)=C\CC(OCOCC[Si](C)(C)C)C(C)=O. The first-order valence-electron chi connectivity index (χ1n) is 8.61. The van der Waals surface area contributed by atoms with E-state index in [0.29, 0.717) is 6.42 Å². The van der Waals surface area contributed by atoms with Gasteiger partial charge in [-0.2, -0.15) is 0 Å². The van der Waals surface area contributed by atoms with Crippen LogP contribution in [0.2, 0.25) is 25.7 Å². The summed E-state index contributed by atoms with van der Waals surface area (Å²) in [6.45, 7) is 17.5. The maximum atomic E-state index is 11.7. The van der Waals surface area contributed by atoms with Gasteiger partial charge in [-0.15, -0.1) is 6.58 Å². The van der Waals surface area contributed by atoms with Gasteiger partial charge in [-0.1, -0.05) is 36.9 Å². The molecule has 0 fully saturated rings. The van der Waals surface area contributed by atoms with Gasteiger partial charge in [0.15, 0.2) is 5.78 Å². The molecule has 3 nitrogen and oxygen atoms in total. The van der Waals surface area contributed by atoms with Gasteiger partial charge in [-0.3, -0.25) is 4.79 Å². The van der Waals surface area contributed by atoms with Gasteiger partial charge in [0, 0.05) is 14.7 Å². The molecule has 134 valence electrons. The molecule has 0 N–H and O–H groups in total. The lowest BCUT2D eigenvalue weighted by Gasteiger charge is -2.17. The van der Waals surface area contributed by atoms with E-state index in [9.17, 15) is 4.79 Å². The average Bonchev–Trinajstić information content (AvgIpc) is 2.39. The van der Waals surface area contributed by atoms with Gasteiger partial charge in [0.25, 0.3) is 0 Å². The second-order valence-corrected chi connectivity index (χ2v) is 13.3. The Hall–Kier alpha value is -0.713. The number of hydrogen-bond donors (Lipinski definition) is 0. The van der Waals surface area contributed by atoms with Crippen molar-refractivity contribution in [3.8, 4) is 0 Å². The standard InChI is InChI=1S/C19H36O3Si/c1-16(2)9-8-10-17(3)11-12-19(18(4)20)22-15-21-13-14-23(5,6)7/h11,19H,1,8-10,12-15H2,2-7H3/b17-11-. The molecule has 0 spiro atoms. The van der Waals surface area contributed by atoms with E-state index in [0.717, 1.165) is 31.9 Å². The van der Waals surface area contributed by atoms with E-state index in [4.69, 9.17) is 9.47 Å². The van der Waals surface area contributed by atoms with Crippen molar-refractivity contribution in [1.29, 1.82) is 0 Å². The highest BCUT2D eigenvalue weighted by Gasteiger charge is 2.15. The predicted octanol–water partition coefficient (Wildman–Crippen LogP) is 5.36. The Morgan fingerprint density at radius 2 is 1.83 bits per heavy atom. The molecule has 0 rings (SSSR count). The number of carbonyl (C=O) groups excluding carboxylic acids is 1. The molecule has 4 heteroatoms. The fraction of sp³-hybridized carbons (Fsp3) is 0.737. The largest absolute Gasteiger partial charge is 0.356 e. The third-order valence-corrected chi connectivity index (χ3v) is 5.36. The summed E-state index contributed by atoms with van der Waals surface area (Å²) in [4.78, 5) is 11.7. The molecule has 0 bridgehead atoms. The third-order valence-electron chi connectivity index (χ3n) is 3.66. The van der Waals surface area contributed by atoms with Crippen molar-refractivity contribution in [3.63, 3.8) is 0 Å². The molecule has 1 unspecified atom stereocenters. The minimum absolute atomic E-state index is 0.0600. The molecule has 0 aromatic carbocycles. The number of allylic oxidation sites excluding steroid dienone is 2. The van der Waals surface area contributed by atoms with Gasteiger partial charge >= 0.3 is 0 Å². The van der Waals surface area contributed by atoms with Crippen molar-refractivity contribution in [3.05, 3.63) is 23.8 Å². The summed E-state index contributed by atoms with van der Waals surface area (Å²) in [6.07, 6.45) is 5.58. The van der Waals surface area contributed by atoms with Crippen molar-refractivity contribution in [2.45, 2.75) is 78.2 Å². The molecule has 0 aromatic heterocycles. The lowest BCUT2D eigenvalue weighted by molar-refractivity contribution is -0.139. The summed E-state index contributed by atoms with van der Waals surface area (Å²) in [6, 6.07) is 1.11. The van der Waals surface area contributed by atoms with E-state index in [1.807, 2.05) is 0 Å². The van der Waals surface area contributed by atoms with Crippen LogP contribution in [0.1, 0.15) is 46.5 Å². The van der Waals surface area contributed by atoms with Gasteiger partial charge in [0.05, 0.1) is 0 Å². The molecule has 0 aliphatic heterocycles. The first-order chi connectivity index (χ1) is 10.6. The molecule has 0 saturated heterocycles. The number of carbonyl (C=O) groups is 1. The first kappa shape index (κ1) is 22.3. The van der Waals surface area contributed by atoms with Gasteiger partial charge in [0.1, 0.15) is 12.9 Å². The molecule has 0 aliphatic carbocycles. The Bertz CT molecular complexity index is 394. The molecular weight excluding hydrogens is 304 g/mol. The van der Waals surface area contributed by atoms with Gasteiger partial charge < -0.3 is 9.47 Å². The minimum atomic E-state index is -1.07. The van der Waals surface area contributed by atoms with Gasteiger partial charge in [-0.25, -0.2) is 0 Å². The van der Waals surface area contributed by atoms with E-state index in [2.05, 4.69) is 46.1 Å². The maximum Gasteiger partial charge on any atom is 0.158 e. The van der Waals surface area contributed by atoms with Crippen LogP contribution in [0.4, 0.5) is 0 Å². The molecule has 0 aliphatic rings. The van der Waals surface area contributed by atoms with Crippen molar-refractivity contribution >= 4 is 13.9 Å². The Morgan fingerprint density at radius 1 is 1.17 bits per heavy atom. The molecule has 0 amide bonds. The fourth-order valence-electron chi connectivity index (χ4n) is 2.00. The van der Waals surface area contributed by atoms with E-state index >= 15 is 0 Å². The quantitative estimate of drug-likeness (QED) is 0.196. The zero-order chi connectivity index (χ0) is 17.9. The number of Topliss-reactive ketones (excluding diaryl/α,β-unsaturated/α-hetero) is 1. The summed E-state index contributed by atoms with van der Waals surface area (Å²) in [7, 11) is -1.07. The van der Waals surface area contributed by atoms with Crippen LogP contribution in [-0.2, 0) is 14.3 Å². The van der Waals surface area contributed by atoms with Crippen LogP contribution in [-0.4, -0.2) is 33.4 Å². The molecule has 0 aromatic rings. The minimum Gasteiger partial charge on any atom is -0.356 e. The molecule has 0 heterocycles. The molecule has 0 radical (unpaired) electrons. The van der Waals surface area contributed by atoms with Crippen molar-refractivity contribution < 1.29 is 14.3 Å². The van der Waals surface area contributed by atoms with Crippen LogP contribution in [0.5, 0.6) is 0 Å². The van der Waals surface area contributed by atoms with E-state index in [1.165, 1.54) is 11.1 Å². The van der Waals surface area contributed by atoms with E-state index < -0.39 is 14.2 Å². The van der Waals surface area contributed by atoms with Crippen LogP contribution < -0.4 is 0 Å². The predicted molar refractivity (Wildman–Crippen MR) is 102 cm³/mol. The van der Waals surface area contributed by atoms with Crippen LogP contribution in [0.15, 0.2) is 23.8 Å². The van der Waals surface area contributed by atoms with Crippen LogP contribution in [0.25, 0.3) is 0 Å². The van der Waals surface area contributed by atoms with Crippen molar-refractivity contribution in [1.82, 2.24) is 0 Å². The summed E-state index contributed by atoms with van der Waals surface area (Å²) in [5.74, 6) is 0.0600. The second kappa shape index (κ2) is 11.8. The zero-order valence-electron chi connectivity index (χ0n) is 16.0.